The minimum absolute atomic E-state index is 0.152. The molecule has 1 atom stereocenters. The van der Waals surface area contributed by atoms with Crippen molar-refractivity contribution in [3.8, 4) is 11.5 Å². The third-order valence-electron chi connectivity index (χ3n) is 5.07. The molecule has 6 nitrogen and oxygen atoms in total. The van der Waals surface area contributed by atoms with Gasteiger partial charge >= 0.3 is 0 Å². The number of H-pyrrole nitrogens is 2. The van der Waals surface area contributed by atoms with Gasteiger partial charge in [-0.2, -0.15) is 5.10 Å². The Bertz CT molecular complexity index is 1130. The Labute approximate surface area is 153 Å². The highest BCUT2D eigenvalue weighted by atomic mass is 19.1. The van der Waals surface area contributed by atoms with Gasteiger partial charge in [-0.3, -0.25) is 9.89 Å². The lowest BCUT2D eigenvalue weighted by Gasteiger charge is -2.23. The first-order valence-corrected chi connectivity index (χ1v) is 8.89. The van der Waals surface area contributed by atoms with E-state index >= 15 is 0 Å². The Morgan fingerprint density at radius 3 is 3.07 bits per heavy atom. The molecule has 27 heavy (non-hydrogen) atoms. The van der Waals surface area contributed by atoms with Gasteiger partial charge in [0, 0.05) is 22.7 Å². The normalized spacial score (nSPS) is 16.4. The zero-order chi connectivity index (χ0) is 18.4. The van der Waals surface area contributed by atoms with E-state index in [4.69, 9.17) is 4.42 Å². The van der Waals surface area contributed by atoms with Gasteiger partial charge in [0.25, 0.3) is 5.91 Å². The number of benzene rings is 1. The maximum absolute atomic E-state index is 13.6. The van der Waals surface area contributed by atoms with Crippen molar-refractivity contribution in [3.63, 3.8) is 0 Å². The maximum atomic E-state index is 13.6. The number of rotatable bonds is 3. The number of furan rings is 1. The fraction of sp³-hybridized carbons (Fsp3) is 0.200. The number of nitrogens with zero attached hydrogens (tertiary/aromatic N) is 1. The minimum atomic E-state index is -0.258. The first kappa shape index (κ1) is 15.9. The Hall–Kier alpha value is -3.35. The zero-order valence-corrected chi connectivity index (χ0v) is 14.4. The van der Waals surface area contributed by atoms with Crippen molar-refractivity contribution < 1.29 is 13.6 Å². The molecule has 5 rings (SSSR count). The molecule has 0 unspecified atom stereocenters. The highest BCUT2D eigenvalue weighted by Gasteiger charge is 2.26. The van der Waals surface area contributed by atoms with Crippen LogP contribution in [0.5, 0.6) is 0 Å². The molecule has 1 aliphatic rings. The standard InChI is InChI=1S/C20H17FN4O2/c21-11-6-7-14-13(9-11)12-3-1-4-15(19(12)22-14)23-20(26)17-10-16(24-25-17)18-5-2-8-27-18/h2,5-10,15,22H,1,3-4H2,(H,23,26)(H,24,25)/t15-/m1/s1. The summed E-state index contributed by atoms with van der Waals surface area (Å²) in [6.07, 6.45) is 4.19. The van der Waals surface area contributed by atoms with Gasteiger partial charge in [0.05, 0.1) is 12.3 Å². The smallest absolute Gasteiger partial charge is 0.272 e. The molecule has 0 spiro atoms. The Kier molecular flexibility index (Phi) is 3.60. The average molecular weight is 364 g/mol. The molecule has 0 radical (unpaired) electrons. The molecular weight excluding hydrogens is 347 g/mol. The number of fused-ring (bicyclic) bond motifs is 3. The predicted octanol–water partition coefficient (Wildman–Crippen LogP) is 4.10. The van der Waals surface area contributed by atoms with Crippen LogP contribution in [0.2, 0.25) is 0 Å². The van der Waals surface area contributed by atoms with Gasteiger partial charge in [-0.25, -0.2) is 4.39 Å². The summed E-state index contributed by atoms with van der Waals surface area (Å²) >= 11 is 0. The molecule has 0 saturated carbocycles. The fourth-order valence-corrected chi connectivity index (χ4v) is 3.81. The third kappa shape index (κ3) is 2.71. The summed E-state index contributed by atoms with van der Waals surface area (Å²) in [6.45, 7) is 0. The molecule has 0 fully saturated rings. The van der Waals surface area contributed by atoms with Crippen LogP contribution in [0.1, 0.15) is 40.6 Å². The SMILES string of the molecule is O=C(N[C@@H]1CCCc2c1[nH]c1ccc(F)cc21)c1cc(-c2ccco2)[nH]n1. The van der Waals surface area contributed by atoms with E-state index in [1.54, 1.807) is 36.6 Å². The Morgan fingerprint density at radius 2 is 2.22 bits per heavy atom. The fourth-order valence-electron chi connectivity index (χ4n) is 3.81. The molecule has 7 heteroatoms. The van der Waals surface area contributed by atoms with E-state index in [1.807, 2.05) is 0 Å². The summed E-state index contributed by atoms with van der Waals surface area (Å²) in [5.41, 5.74) is 3.88. The van der Waals surface area contributed by atoms with Crippen LogP contribution in [0.3, 0.4) is 0 Å². The number of amides is 1. The average Bonchev–Trinajstić information content (AvgIpc) is 3.41. The van der Waals surface area contributed by atoms with Gasteiger partial charge in [0.2, 0.25) is 0 Å². The second-order valence-corrected chi connectivity index (χ2v) is 6.77. The minimum Gasteiger partial charge on any atom is -0.463 e. The van der Waals surface area contributed by atoms with E-state index in [2.05, 4.69) is 20.5 Å². The number of nitrogens with one attached hydrogen (secondary N) is 3. The van der Waals surface area contributed by atoms with Crippen molar-refractivity contribution >= 4 is 16.8 Å². The van der Waals surface area contributed by atoms with Crippen LogP contribution in [-0.4, -0.2) is 21.1 Å². The zero-order valence-electron chi connectivity index (χ0n) is 14.4. The topological polar surface area (TPSA) is 86.7 Å². The van der Waals surface area contributed by atoms with Crippen LogP contribution in [0, 0.1) is 5.82 Å². The molecule has 3 aromatic heterocycles. The van der Waals surface area contributed by atoms with Crippen LogP contribution >= 0.6 is 0 Å². The summed E-state index contributed by atoms with van der Waals surface area (Å²) in [4.78, 5) is 16.0. The van der Waals surface area contributed by atoms with E-state index in [9.17, 15) is 9.18 Å². The number of aromatic nitrogens is 3. The van der Waals surface area contributed by atoms with Crippen LogP contribution in [0.4, 0.5) is 4.39 Å². The van der Waals surface area contributed by atoms with Crippen molar-refractivity contribution in [2.45, 2.75) is 25.3 Å². The largest absolute Gasteiger partial charge is 0.463 e. The van der Waals surface area contributed by atoms with Gasteiger partial charge in [0.1, 0.15) is 11.5 Å². The molecule has 0 saturated heterocycles. The summed E-state index contributed by atoms with van der Waals surface area (Å²) in [6, 6.07) is 9.82. The molecule has 1 amide bonds. The van der Waals surface area contributed by atoms with E-state index in [0.717, 1.165) is 41.4 Å². The molecule has 3 N–H and O–H groups in total. The van der Waals surface area contributed by atoms with Gasteiger partial charge in [-0.1, -0.05) is 0 Å². The summed E-state index contributed by atoms with van der Waals surface area (Å²) in [7, 11) is 0. The lowest BCUT2D eigenvalue weighted by Crippen LogP contribution is -2.31. The molecule has 0 aliphatic heterocycles. The highest BCUT2D eigenvalue weighted by Crippen LogP contribution is 2.35. The summed E-state index contributed by atoms with van der Waals surface area (Å²) in [5.74, 6) is 0.114. The van der Waals surface area contributed by atoms with Gasteiger partial charge in [-0.05, 0) is 55.2 Å². The molecule has 0 bridgehead atoms. The van der Waals surface area contributed by atoms with Crippen molar-refractivity contribution in [1.29, 1.82) is 0 Å². The van der Waals surface area contributed by atoms with Crippen LogP contribution < -0.4 is 5.32 Å². The number of aromatic amines is 2. The monoisotopic (exact) mass is 364 g/mol. The number of hydrogen-bond donors (Lipinski definition) is 3. The van der Waals surface area contributed by atoms with Crippen molar-refractivity contribution in [3.05, 3.63) is 65.4 Å². The maximum Gasteiger partial charge on any atom is 0.272 e. The second kappa shape index (κ2) is 6.12. The number of carbonyl (C=O) groups is 1. The van der Waals surface area contributed by atoms with Gasteiger partial charge in [0.15, 0.2) is 11.5 Å². The molecule has 136 valence electrons. The van der Waals surface area contributed by atoms with Crippen molar-refractivity contribution in [2.24, 2.45) is 0 Å². The molecular formula is C20H17FN4O2. The number of carbonyl (C=O) groups excluding carboxylic acids is 1. The predicted molar refractivity (Wildman–Crippen MR) is 97.7 cm³/mol. The summed E-state index contributed by atoms with van der Waals surface area (Å²) < 4.78 is 18.9. The van der Waals surface area contributed by atoms with E-state index in [0.29, 0.717) is 17.1 Å². The quantitative estimate of drug-likeness (QED) is 0.511. The lowest BCUT2D eigenvalue weighted by atomic mass is 9.91. The highest BCUT2D eigenvalue weighted by molar-refractivity contribution is 5.94. The summed E-state index contributed by atoms with van der Waals surface area (Å²) in [5, 5.41) is 10.9. The first-order valence-electron chi connectivity index (χ1n) is 8.89. The van der Waals surface area contributed by atoms with Gasteiger partial charge < -0.3 is 14.7 Å². The van der Waals surface area contributed by atoms with E-state index in [-0.39, 0.29) is 17.8 Å². The van der Waals surface area contributed by atoms with E-state index in [1.165, 1.54) is 6.07 Å². The lowest BCUT2D eigenvalue weighted by molar-refractivity contribution is 0.0927. The third-order valence-corrected chi connectivity index (χ3v) is 5.07. The van der Waals surface area contributed by atoms with Crippen LogP contribution in [0.25, 0.3) is 22.4 Å². The molecule has 4 aromatic rings. The first-order chi connectivity index (χ1) is 13.2. The molecule has 1 aromatic carbocycles. The van der Waals surface area contributed by atoms with E-state index < -0.39 is 0 Å². The van der Waals surface area contributed by atoms with Gasteiger partial charge in [-0.15, -0.1) is 0 Å². The number of halogens is 1. The number of aryl methyl sites for hydroxylation is 1. The molecule has 1 aliphatic carbocycles. The van der Waals surface area contributed by atoms with Crippen molar-refractivity contribution in [1.82, 2.24) is 20.5 Å². The van der Waals surface area contributed by atoms with Crippen LogP contribution in [0.15, 0.2) is 47.1 Å². The number of hydrogen-bond acceptors (Lipinski definition) is 3. The van der Waals surface area contributed by atoms with Crippen LogP contribution in [-0.2, 0) is 6.42 Å². The Morgan fingerprint density at radius 1 is 1.30 bits per heavy atom. The second-order valence-electron chi connectivity index (χ2n) is 6.77. The Balaban J connectivity index is 1.42. The van der Waals surface area contributed by atoms with Crippen molar-refractivity contribution in [2.75, 3.05) is 0 Å². The molecule has 3 heterocycles.